The van der Waals surface area contributed by atoms with Gasteiger partial charge in [0, 0.05) is 53.8 Å². The van der Waals surface area contributed by atoms with Crippen LogP contribution in [0.5, 0.6) is 0 Å². The molecule has 0 spiro atoms. The van der Waals surface area contributed by atoms with Crippen molar-refractivity contribution < 1.29 is 23.9 Å². The number of nitrogens with zero attached hydrogens (tertiary/aromatic N) is 3. The Bertz CT molecular complexity index is 1840. The third kappa shape index (κ3) is 8.86. The largest absolute Gasteiger partial charge is 0.464 e. The summed E-state index contributed by atoms with van der Waals surface area (Å²) < 4.78 is 12.9. The lowest BCUT2D eigenvalue weighted by atomic mass is 10.0. The third-order valence-corrected chi connectivity index (χ3v) is 8.95. The second-order valence-corrected chi connectivity index (χ2v) is 13.1. The van der Waals surface area contributed by atoms with Gasteiger partial charge in [0.05, 0.1) is 12.6 Å². The minimum absolute atomic E-state index is 0.129. The van der Waals surface area contributed by atoms with Crippen LogP contribution < -0.4 is 10.6 Å². The fraction of sp³-hybridized carbons (Fsp3) is 0.324. The van der Waals surface area contributed by atoms with Gasteiger partial charge in [-0.3, -0.25) is 9.78 Å². The van der Waals surface area contributed by atoms with Crippen LogP contribution in [0.25, 0.3) is 10.9 Å². The van der Waals surface area contributed by atoms with Crippen LogP contribution in [-0.4, -0.2) is 45.2 Å². The number of hydrogen-bond donors (Lipinski definition) is 2. The van der Waals surface area contributed by atoms with Gasteiger partial charge in [-0.2, -0.15) is 0 Å². The second-order valence-electron chi connectivity index (χ2n) is 12.0. The highest BCUT2D eigenvalue weighted by Gasteiger charge is 2.29. The highest BCUT2D eigenvalue weighted by atomic mass is 32.1. The smallest absolute Gasteiger partial charge is 0.408 e. The Kier molecular flexibility index (Phi) is 11.6. The van der Waals surface area contributed by atoms with Gasteiger partial charge in [-0.1, -0.05) is 68.4 Å². The van der Waals surface area contributed by atoms with Crippen LogP contribution in [0.15, 0.2) is 85.2 Å². The van der Waals surface area contributed by atoms with Crippen molar-refractivity contribution in [2.45, 2.75) is 58.7 Å². The zero-order valence-electron chi connectivity index (χ0n) is 27.6. The van der Waals surface area contributed by atoms with Crippen LogP contribution in [0.3, 0.4) is 0 Å². The first-order chi connectivity index (χ1) is 23.2. The molecule has 2 amide bonds. The van der Waals surface area contributed by atoms with Crippen molar-refractivity contribution in [3.8, 4) is 0 Å². The van der Waals surface area contributed by atoms with E-state index in [-0.39, 0.29) is 31.2 Å². The van der Waals surface area contributed by atoms with Gasteiger partial charge in [-0.05, 0) is 48.6 Å². The van der Waals surface area contributed by atoms with Gasteiger partial charge in [-0.25, -0.2) is 14.6 Å². The van der Waals surface area contributed by atoms with Crippen molar-refractivity contribution in [1.29, 1.82) is 0 Å². The molecule has 5 aromatic rings. The molecule has 0 aliphatic heterocycles. The molecule has 48 heavy (non-hydrogen) atoms. The Morgan fingerprint density at radius 2 is 1.69 bits per heavy atom. The number of hydrogen-bond acceptors (Lipinski definition) is 8. The maximum absolute atomic E-state index is 14.1. The number of aryl methyl sites for hydroxylation is 1. The predicted molar refractivity (Wildman–Crippen MR) is 186 cm³/mol. The maximum atomic E-state index is 14.1. The topological polar surface area (TPSA) is 124 Å². The molecule has 0 saturated heterocycles. The minimum Gasteiger partial charge on any atom is -0.464 e. The molecule has 3 aromatic heterocycles. The zero-order valence-corrected chi connectivity index (χ0v) is 28.5. The molecule has 10 nitrogen and oxygen atoms in total. The first kappa shape index (κ1) is 34.3. The number of thiazole rings is 1. The molecule has 11 heteroatoms. The Hall–Kier alpha value is -5.03. The molecule has 2 aromatic carbocycles. The summed E-state index contributed by atoms with van der Waals surface area (Å²) in [7, 11) is 1.99. The number of nitrogens with one attached hydrogen (secondary N) is 2. The van der Waals surface area contributed by atoms with Gasteiger partial charge < -0.3 is 24.7 Å². The molecule has 3 heterocycles. The predicted octanol–water partition coefficient (Wildman–Crippen LogP) is 6.54. The SMILES string of the molecule is CCOC(=O)[C@@H](Cc1ccccn1)NC(=O)c1nc([C@H](CC(C)C)NC(=O)OCc2ccccc2)sc1Cc1cn(C)c2ccccc12. The number of para-hydroxylation sites is 1. The first-order valence-corrected chi connectivity index (χ1v) is 16.9. The molecule has 0 fully saturated rings. The van der Waals surface area contributed by atoms with Crippen LogP contribution >= 0.6 is 11.3 Å². The Morgan fingerprint density at radius 3 is 2.42 bits per heavy atom. The van der Waals surface area contributed by atoms with Crippen LogP contribution in [0.2, 0.25) is 0 Å². The normalized spacial score (nSPS) is 12.4. The standard InChI is InChI=1S/C37H41N5O5S/c1-5-46-36(44)30(21-27-15-11-12-18-38-27)39-34(43)33-32(20-26-22-42(4)31-17-10-9-16-28(26)31)48-35(41-33)29(19-24(2)3)40-37(45)47-23-25-13-7-6-8-14-25/h6-18,22,24,29-30H,5,19-21,23H2,1-4H3,(H,39,43)(H,40,45)/t29-,30+/m0/s1. The van der Waals surface area contributed by atoms with E-state index < -0.39 is 30.1 Å². The molecule has 0 aliphatic carbocycles. The van der Waals surface area contributed by atoms with E-state index >= 15 is 0 Å². The average Bonchev–Trinajstić information content (AvgIpc) is 3.65. The molecule has 0 bridgehead atoms. The summed E-state index contributed by atoms with van der Waals surface area (Å²) in [6, 6.07) is 21.5. The molecule has 250 valence electrons. The van der Waals surface area contributed by atoms with Gasteiger partial charge in [0.2, 0.25) is 0 Å². The number of carbonyl (C=O) groups is 3. The number of pyridine rings is 1. The molecule has 2 N–H and O–H groups in total. The van der Waals surface area contributed by atoms with E-state index in [1.807, 2.05) is 55.6 Å². The third-order valence-electron chi connectivity index (χ3n) is 7.79. The number of fused-ring (bicyclic) bond motifs is 1. The number of carbonyl (C=O) groups excluding carboxylic acids is 3. The van der Waals surface area contributed by atoms with Crippen LogP contribution in [0.1, 0.15) is 70.4 Å². The van der Waals surface area contributed by atoms with Crippen LogP contribution in [-0.2, 0) is 40.8 Å². The number of alkyl carbamates (subject to hydrolysis) is 1. The molecule has 2 atom stereocenters. The van der Waals surface area contributed by atoms with E-state index in [4.69, 9.17) is 14.5 Å². The first-order valence-electron chi connectivity index (χ1n) is 16.1. The van der Waals surface area contributed by atoms with Crippen molar-refractivity contribution in [2.24, 2.45) is 13.0 Å². The van der Waals surface area contributed by atoms with E-state index in [2.05, 4.69) is 52.4 Å². The highest BCUT2D eigenvalue weighted by Crippen LogP contribution is 2.32. The fourth-order valence-electron chi connectivity index (χ4n) is 5.55. The molecule has 5 rings (SSSR count). The lowest BCUT2D eigenvalue weighted by molar-refractivity contribution is -0.145. The Balaban J connectivity index is 1.47. The summed E-state index contributed by atoms with van der Waals surface area (Å²) in [5.74, 6) is -0.849. The summed E-state index contributed by atoms with van der Waals surface area (Å²) in [4.78, 5) is 50.0. The van der Waals surface area contributed by atoms with Crippen molar-refractivity contribution in [3.63, 3.8) is 0 Å². The zero-order chi connectivity index (χ0) is 34.0. The van der Waals surface area contributed by atoms with E-state index in [1.165, 1.54) is 11.3 Å². The monoisotopic (exact) mass is 667 g/mol. The minimum atomic E-state index is -0.972. The molecule has 0 aliphatic rings. The number of aromatic nitrogens is 3. The quantitative estimate of drug-likeness (QED) is 0.129. The lowest BCUT2D eigenvalue weighted by Crippen LogP contribution is -2.44. The van der Waals surface area contributed by atoms with Crippen molar-refractivity contribution in [1.82, 2.24) is 25.2 Å². The van der Waals surface area contributed by atoms with Crippen molar-refractivity contribution in [3.05, 3.63) is 118 Å². The van der Waals surface area contributed by atoms with Crippen LogP contribution in [0, 0.1) is 5.92 Å². The molecule has 0 unspecified atom stereocenters. The lowest BCUT2D eigenvalue weighted by Gasteiger charge is -2.18. The van der Waals surface area contributed by atoms with E-state index in [0.717, 1.165) is 22.0 Å². The number of rotatable bonds is 14. The molecule has 0 radical (unpaired) electrons. The Labute approximate surface area is 284 Å². The summed E-state index contributed by atoms with van der Waals surface area (Å²) in [5.41, 5.74) is 3.82. The van der Waals surface area contributed by atoms with Crippen molar-refractivity contribution >= 4 is 40.2 Å². The highest BCUT2D eigenvalue weighted by molar-refractivity contribution is 7.12. The summed E-state index contributed by atoms with van der Waals surface area (Å²) in [5, 5.41) is 7.52. The second kappa shape index (κ2) is 16.2. The summed E-state index contributed by atoms with van der Waals surface area (Å²) in [6.07, 6.45) is 4.29. The van der Waals surface area contributed by atoms with E-state index in [9.17, 15) is 14.4 Å². The number of benzene rings is 2. The average molecular weight is 668 g/mol. The van der Waals surface area contributed by atoms with Crippen LogP contribution in [0.4, 0.5) is 4.79 Å². The van der Waals surface area contributed by atoms with E-state index in [1.54, 1.807) is 25.3 Å². The Morgan fingerprint density at radius 1 is 0.938 bits per heavy atom. The number of amides is 2. The number of esters is 1. The van der Waals surface area contributed by atoms with Gasteiger partial charge in [0.15, 0.2) is 0 Å². The summed E-state index contributed by atoms with van der Waals surface area (Å²) in [6.45, 7) is 6.14. The molecule has 0 saturated carbocycles. The fourth-order valence-corrected chi connectivity index (χ4v) is 6.70. The van der Waals surface area contributed by atoms with Gasteiger partial charge in [-0.15, -0.1) is 11.3 Å². The molecular formula is C37H41N5O5S. The van der Waals surface area contributed by atoms with Crippen molar-refractivity contribution in [2.75, 3.05) is 6.61 Å². The number of ether oxygens (including phenoxy) is 2. The molecular weight excluding hydrogens is 627 g/mol. The van der Waals surface area contributed by atoms with Gasteiger partial charge >= 0.3 is 12.1 Å². The van der Waals surface area contributed by atoms with Gasteiger partial charge in [0.25, 0.3) is 5.91 Å². The summed E-state index contributed by atoms with van der Waals surface area (Å²) >= 11 is 1.38. The maximum Gasteiger partial charge on any atom is 0.408 e. The van der Waals surface area contributed by atoms with Gasteiger partial charge in [0.1, 0.15) is 23.4 Å². The van der Waals surface area contributed by atoms with E-state index in [0.29, 0.717) is 28.4 Å².